The van der Waals surface area contributed by atoms with Gasteiger partial charge in [-0.2, -0.15) is 18.3 Å². The molecule has 0 aliphatic carbocycles. The molecule has 4 nitrogen and oxygen atoms in total. The van der Waals surface area contributed by atoms with Gasteiger partial charge >= 0.3 is 6.18 Å². The summed E-state index contributed by atoms with van der Waals surface area (Å²) in [4.78, 5) is 4.10. The van der Waals surface area contributed by atoms with Crippen LogP contribution in [0.2, 0.25) is 10.0 Å². The van der Waals surface area contributed by atoms with Crippen LogP contribution in [0.15, 0.2) is 42.6 Å². The zero-order valence-corrected chi connectivity index (χ0v) is 15.9. The molecule has 1 atom stereocenters. The number of nitrogens with zero attached hydrogens (tertiary/aromatic N) is 3. The number of aromatic nitrogens is 3. The number of hydrogen-bond acceptors (Lipinski definition) is 3. The first-order valence-electron chi connectivity index (χ1n) is 7.93. The molecule has 0 radical (unpaired) electrons. The van der Waals surface area contributed by atoms with Gasteiger partial charge in [0.15, 0.2) is 0 Å². The van der Waals surface area contributed by atoms with Gasteiger partial charge in [0.2, 0.25) is 0 Å². The summed E-state index contributed by atoms with van der Waals surface area (Å²) in [6, 6.07) is 8.57. The van der Waals surface area contributed by atoms with Crippen LogP contribution in [0.25, 0.3) is 0 Å². The van der Waals surface area contributed by atoms with Crippen molar-refractivity contribution in [1.82, 2.24) is 14.8 Å². The Kier molecular flexibility index (Phi) is 5.35. The number of aryl methyl sites for hydroxylation is 2. The molecular weight excluding hydrogens is 400 g/mol. The summed E-state index contributed by atoms with van der Waals surface area (Å²) in [5.41, 5.74) is 0.607. The van der Waals surface area contributed by atoms with E-state index < -0.39 is 17.9 Å². The molecule has 0 aliphatic rings. The number of benzene rings is 1. The quantitative estimate of drug-likeness (QED) is 0.579. The lowest BCUT2D eigenvalue weighted by Gasteiger charge is -2.25. The predicted octanol–water partition coefficient (Wildman–Crippen LogP) is 5.88. The van der Waals surface area contributed by atoms with Gasteiger partial charge in [-0.15, -0.1) is 0 Å². The zero-order valence-electron chi connectivity index (χ0n) is 14.4. The Morgan fingerprint density at radius 2 is 1.81 bits per heavy atom. The maximum atomic E-state index is 13.6. The minimum atomic E-state index is -4.52. The first-order valence-corrected chi connectivity index (χ1v) is 8.69. The van der Waals surface area contributed by atoms with Crippen molar-refractivity contribution in [2.24, 2.45) is 0 Å². The van der Waals surface area contributed by atoms with E-state index in [9.17, 15) is 13.2 Å². The van der Waals surface area contributed by atoms with Crippen molar-refractivity contribution in [3.63, 3.8) is 0 Å². The van der Waals surface area contributed by atoms with Gasteiger partial charge < -0.3 is 5.32 Å². The molecule has 2 aromatic heterocycles. The van der Waals surface area contributed by atoms with Gasteiger partial charge in [0.25, 0.3) is 0 Å². The first-order chi connectivity index (χ1) is 12.7. The molecule has 1 N–H and O–H groups in total. The fourth-order valence-corrected chi connectivity index (χ4v) is 3.26. The molecule has 0 aliphatic heterocycles. The van der Waals surface area contributed by atoms with E-state index in [1.807, 2.05) is 0 Å². The summed E-state index contributed by atoms with van der Waals surface area (Å²) in [5.74, 6) is 0.204. The SMILES string of the molecule is Cc1cc(C)n(C(Nc2ncc(Cl)cc2Cl)c2ccccc2C(F)(F)F)n1. The highest BCUT2D eigenvalue weighted by atomic mass is 35.5. The van der Waals surface area contributed by atoms with E-state index in [2.05, 4.69) is 15.4 Å². The third kappa shape index (κ3) is 4.20. The van der Waals surface area contributed by atoms with Gasteiger partial charge in [-0.05, 0) is 32.0 Å². The summed E-state index contributed by atoms with van der Waals surface area (Å²) >= 11 is 12.0. The lowest BCUT2D eigenvalue weighted by atomic mass is 10.0. The number of pyridine rings is 1. The maximum absolute atomic E-state index is 13.6. The summed E-state index contributed by atoms with van der Waals surface area (Å²) in [6.07, 6.45) is -4.13. The number of alkyl halides is 3. The Balaban J connectivity index is 2.16. The second-order valence-electron chi connectivity index (χ2n) is 5.99. The molecule has 0 bridgehead atoms. The van der Waals surface area contributed by atoms with Gasteiger partial charge in [-0.3, -0.25) is 0 Å². The molecule has 1 unspecified atom stereocenters. The van der Waals surface area contributed by atoms with Crippen molar-refractivity contribution in [3.05, 3.63) is 75.2 Å². The second-order valence-corrected chi connectivity index (χ2v) is 6.83. The Bertz CT molecular complexity index is 969. The molecule has 0 saturated heterocycles. The molecule has 0 saturated carbocycles. The number of nitrogens with one attached hydrogen (secondary N) is 1. The molecule has 0 amide bonds. The number of rotatable bonds is 4. The third-order valence-corrected chi connectivity index (χ3v) is 4.43. The van der Waals surface area contributed by atoms with E-state index >= 15 is 0 Å². The van der Waals surface area contributed by atoms with Crippen LogP contribution in [0.1, 0.15) is 28.7 Å². The van der Waals surface area contributed by atoms with Crippen molar-refractivity contribution in [1.29, 1.82) is 0 Å². The van der Waals surface area contributed by atoms with Gasteiger partial charge in [0.1, 0.15) is 12.0 Å². The first kappa shape index (κ1) is 19.5. The van der Waals surface area contributed by atoms with Crippen LogP contribution in [0.5, 0.6) is 0 Å². The van der Waals surface area contributed by atoms with Crippen LogP contribution >= 0.6 is 23.2 Å². The van der Waals surface area contributed by atoms with Crippen LogP contribution in [-0.4, -0.2) is 14.8 Å². The summed E-state index contributed by atoms with van der Waals surface area (Å²) in [6.45, 7) is 3.53. The van der Waals surface area contributed by atoms with Crippen molar-refractivity contribution in [2.75, 3.05) is 5.32 Å². The minimum absolute atomic E-state index is 0.00372. The van der Waals surface area contributed by atoms with Crippen LogP contribution in [-0.2, 0) is 6.18 Å². The standard InChI is InChI=1S/C18H15Cl2F3N4/c1-10-7-11(2)27(26-10)17(25-16-15(20)8-12(19)9-24-16)13-5-3-4-6-14(13)18(21,22)23/h3-9,17H,1-2H3,(H,24,25). The van der Waals surface area contributed by atoms with Crippen LogP contribution < -0.4 is 5.32 Å². The Morgan fingerprint density at radius 3 is 2.41 bits per heavy atom. The molecule has 0 spiro atoms. The molecule has 3 aromatic rings. The summed E-state index contributed by atoms with van der Waals surface area (Å²) in [5, 5.41) is 7.83. The Labute approximate surface area is 163 Å². The minimum Gasteiger partial charge on any atom is -0.343 e. The topological polar surface area (TPSA) is 42.7 Å². The van der Waals surface area contributed by atoms with Gasteiger partial charge in [-0.25, -0.2) is 9.67 Å². The normalized spacial score (nSPS) is 12.9. The fraction of sp³-hybridized carbons (Fsp3) is 0.222. The van der Waals surface area contributed by atoms with Crippen LogP contribution in [0.3, 0.4) is 0 Å². The van der Waals surface area contributed by atoms with E-state index in [1.165, 1.54) is 29.1 Å². The average Bonchev–Trinajstić information content (AvgIpc) is 2.91. The van der Waals surface area contributed by atoms with Gasteiger partial charge in [-0.1, -0.05) is 41.4 Å². The number of anilines is 1. The number of halogens is 5. The Hall–Kier alpha value is -2.25. The van der Waals surface area contributed by atoms with Crippen LogP contribution in [0, 0.1) is 13.8 Å². The highest BCUT2D eigenvalue weighted by Gasteiger charge is 2.36. The van der Waals surface area contributed by atoms with Gasteiger partial charge in [0, 0.05) is 17.5 Å². The lowest BCUT2D eigenvalue weighted by Crippen LogP contribution is -2.25. The summed E-state index contributed by atoms with van der Waals surface area (Å²) < 4.78 is 42.2. The molecule has 2 heterocycles. The third-order valence-electron chi connectivity index (χ3n) is 3.93. The molecular formula is C18H15Cl2F3N4. The lowest BCUT2D eigenvalue weighted by molar-refractivity contribution is -0.138. The zero-order chi connectivity index (χ0) is 19.8. The van der Waals surface area contributed by atoms with E-state index in [0.717, 1.165) is 6.07 Å². The van der Waals surface area contributed by atoms with Crippen molar-refractivity contribution in [3.8, 4) is 0 Å². The molecule has 0 fully saturated rings. The number of hydrogen-bond donors (Lipinski definition) is 1. The smallest absolute Gasteiger partial charge is 0.343 e. The second kappa shape index (κ2) is 7.40. The predicted molar refractivity (Wildman–Crippen MR) is 99.2 cm³/mol. The molecule has 27 heavy (non-hydrogen) atoms. The molecule has 142 valence electrons. The largest absolute Gasteiger partial charge is 0.416 e. The average molecular weight is 415 g/mol. The van der Waals surface area contributed by atoms with E-state index in [-0.39, 0.29) is 16.4 Å². The molecule has 3 rings (SSSR count). The van der Waals surface area contributed by atoms with E-state index in [4.69, 9.17) is 23.2 Å². The molecule has 1 aromatic carbocycles. The van der Waals surface area contributed by atoms with Crippen molar-refractivity contribution in [2.45, 2.75) is 26.2 Å². The van der Waals surface area contributed by atoms with Crippen LogP contribution in [0.4, 0.5) is 19.0 Å². The van der Waals surface area contributed by atoms with E-state index in [1.54, 1.807) is 26.0 Å². The Morgan fingerprint density at radius 1 is 1.11 bits per heavy atom. The summed E-state index contributed by atoms with van der Waals surface area (Å²) in [7, 11) is 0. The highest BCUT2D eigenvalue weighted by molar-refractivity contribution is 6.35. The fourth-order valence-electron chi connectivity index (χ4n) is 2.82. The highest BCUT2D eigenvalue weighted by Crippen LogP contribution is 2.37. The van der Waals surface area contributed by atoms with Crippen molar-refractivity contribution >= 4 is 29.0 Å². The van der Waals surface area contributed by atoms with E-state index in [0.29, 0.717) is 16.4 Å². The monoisotopic (exact) mass is 414 g/mol. The van der Waals surface area contributed by atoms with Gasteiger partial charge in [0.05, 0.1) is 21.3 Å². The maximum Gasteiger partial charge on any atom is 0.416 e. The van der Waals surface area contributed by atoms with Crippen molar-refractivity contribution < 1.29 is 13.2 Å². The molecule has 9 heteroatoms.